The molecule has 0 saturated carbocycles. The van der Waals surface area contributed by atoms with E-state index in [9.17, 15) is 4.79 Å². The highest BCUT2D eigenvalue weighted by Gasteiger charge is 2.16. The SMILES string of the molecule is COC(=O)c1sccc1CN(CCCO)c1ccccc1. The third-order valence-electron chi connectivity index (χ3n) is 3.19. The van der Waals surface area contributed by atoms with Gasteiger partial charge in [-0.3, -0.25) is 0 Å². The van der Waals surface area contributed by atoms with Crippen molar-refractivity contribution < 1.29 is 14.6 Å². The molecule has 4 nitrogen and oxygen atoms in total. The molecule has 2 rings (SSSR count). The van der Waals surface area contributed by atoms with Gasteiger partial charge < -0.3 is 14.7 Å². The van der Waals surface area contributed by atoms with E-state index in [1.807, 2.05) is 41.8 Å². The molecule has 0 aliphatic rings. The van der Waals surface area contributed by atoms with Crippen LogP contribution in [0.2, 0.25) is 0 Å². The first-order chi connectivity index (χ1) is 10.3. The van der Waals surface area contributed by atoms with E-state index < -0.39 is 0 Å². The molecule has 0 saturated heterocycles. The van der Waals surface area contributed by atoms with Crippen molar-refractivity contribution in [2.24, 2.45) is 0 Å². The van der Waals surface area contributed by atoms with E-state index in [0.29, 0.717) is 17.8 Å². The average Bonchev–Trinajstić information content (AvgIpc) is 2.99. The van der Waals surface area contributed by atoms with Crippen LogP contribution in [-0.4, -0.2) is 31.3 Å². The van der Waals surface area contributed by atoms with Crippen LogP contribution in [-0.2, 0) is 11.3 Å². The Labute approximate surface area is 128 Å². The normalized spacial score (nSPS) is 10.4. The van der Waals surface area contributed by atoms with E-state index in [1.165, 1.54) is 18.4 Å². The van der Waals surface area contributed by atoms with Crippen LogP contribution in [0.25, 0.3) is 0 Å². The number of para-hydroxylation sites is 1. The van der Waals surface area contributed by atoms with E-state index in [4.69, 9.17) is 9.84 Å². The van der Waals surface area contributed by atoms with Crippen LogP contribution in [0, 0.1) is 0 Å². The zero-order valence-corrected chi connectivity index (χ0v) is 12.8. The number of esters is 1. The molecule has 0 bridgehead atoms. The Morgan fingerprint density at radius 2 is 2.05 bits per heavy atom. The third-order valence-corrected chi connectivity index (χ3v) is 4.12. The van der Waals surface area contributed by atoms with Crippen molar-refractivity contribution in [3.63, 3.8) is 0 Å². The second kappa shape index (κ2) is 7.81. The fourth-order valence-electron chi connectivity index (χ4n) is 2.14. The molecule has 1 aromatic heterocycles. The lowest BCUT2D eigenvalue weighted by atomic mass is 10.2. The number of ether oxygens (including phenoxy) is 1. The first-order valence-corrected chi connectivity index (χ1v) is 7.69. The maximum Gasteiger partial charge on any atom is 0.348 e. The number of aliphatic hydroxyl groups excluding tert-OH is 1. The first-order valence-electron chi connectivity index (χ1n) is 6.81. The highest BCUT2D eigenvalue weighted by Crippen LogP contribution is 2.23. The maximum atomic E-state index is 11.8. The number of nitrogens with zero attached hydrogens (tertiary/aromatic N) is 1. The highest BCUT2D eigenvalue weighted by molar-refractivity contribution is 7.12. The lowest BCUT2D eigenvalue weighted by molar-refractivity contribution is 0.0605. The van der Waals surface area contributed by atoms with Gasteiger partial charge in [-0.05, 0) is 35.6 Å². The van der Waals surface area contributed by atoms with Gasteiger partial charge in [0.1, 0.15) is 4.88 Å². The summed E-state index contributed by atoms with van der Waals surface area (Å²) in [6.45, 7) is 1.51. The molecule has 2 aromatic rings. The van der Waals surface area contributed by atoms with Crippen molar-refractivity contribution >= 4 is 23.0 Å². The van der Waals surface area contributed by atoms with Gasteiger partial charge in [0.25, 0.3) is 0 Å². The molecule has 112 valence electrons. The minimum atomic E-state index is -0.296. The molecule has 0 radical (unpaired) electrons. The van der Waals surface area contributed by atoms with Crippen LogP contribution in [0.3, 0.4) is 0 Å². The van der Waals surface area contributed by atoms with Gasteiger partial charge in [0.05, 0.1) is 7.11 Å². The summed E-state index contributed by atoms with van der Waals surface area (Å²) in [4.78, 5) is 14.6. The summed E-state index contributed by atoms with van der Waals surface area (Å²) in [5, 5.41) is 11.0. The van der Waals surface area contributed by atoms with Crippen LogP contribution in [0.1, 0.15) is 21.7 Å². The second-order valence-corrected chi connectivity index (χ2v) is 5.52. The van der Waals surface area contributed by atoms with Crippen LogP contribution in [0.5, 0.6) is 0 Å². The Balaban J connectivity index is 2.19. The molecule has 1 heterocycles. The lowest BCUT2D eigenvalue weighted by Crippen LogP contribution is -2.25. The highest BCUT2D eigenvalue weighted by atomic mass is 32.1. The molecule has 1 aromatic carbocycles. The van der Waals surface area contributed by atoms with Crippen molar-refractivity contribution in [2.45, 2.75) is 13.0 Å². The van der Waals surface area contributed by atoms with E-state index >= 15 is 0 Å². The van der Waals surface area contributed by atoms with Gasteiger partial charge in [-0.2, -0.15) is 0 Å². The van der Waals surface area contributed by atoms with Crippen molar-refractivity contribution in [2.75, 3.05) is 25.2 Å². The molecule has 0 atom stereocenters. The molecular weight excluding hydrogens is 286 g/mol. The van der Waals surface area contributed by atoms with Crippen molar-refractivity contribution in [1.29, 1.82) is 0 Å². The van der Waals surface area contributed by atoms with Gasteiger partial charge in [0, 0.05) is 25.4 Å². The van der Waals surface area contributed by atoms with E-state index in [1.54, 1.807) is 0 Å². The number of carbonyl (C=O) groups excluding carboxylic acids is 1. The standard InChI is InChI=1S/C16H19NO3S/c1-20-16(19)15-13(8-11-21-15)12-17(9-5-10-18)14-6-3-2-4-7-14/h2-4,6-8,11,18H,5,9-10,12H2,1H3. The molecule has 0 spiro atoms. The summed E-state index contributed by atoms with van der Waals surface area (Å²) in [5.74, 6) is -0.296. The van der Waals surface area contributed by atoms with E-state index in [-0.39, 0.29) is 12.6 Å². The Hall–Kier alpha value is -1.85. The Bertz CT molecular complexity index is 568. The monoisotopic (exact) mass is 305 g/mol. The number of aliphatic hydroxyl groups is 1. The minimum Gasteiger partial charge on any atom is -0.465 e. The number of rotatable bonds is 7. The second-order valence-electron chi connectivity index (χ2n) is 4.60. The summed E-state index contributed by atoms with van der Waals surface area (Å²) in [5.41, 5.74) is 2.03. The van der Waals surface area contributed by atoms with Gasteiger partial charge in [-0.1, -0.05) is 18.2 Å². The molecule has 0 unspecified atom stereocenters. The smallest absolute Gasteiger partial charge is 0.348 e. The predicted octanol–water partition coefficient (Wildman–Crippen LogP) is 2.92. The summed E-state index contributed by atoms with van der Waals surface area (Å²) >= 11 is 1.39. The fourth-order valence-corrected chi connectivity index (χ4v) is 2.97. The Morgan fingerprint density at radius 3 is 2.71 bits per heavy atom. The van der Waals surface area contributed by atoms with Gasteiger partial charge in [0.15, 0.2) is 0 Å². The zero-order valence-electron chi connectivity index (χ0n) is 12.0. The maximum absolute atomic E-state index is 11.8. The van der Waals surface area contributed by atoms with Gasteiger partial charge in [-0.15, -0.1) is 11.3 Å². The number of carbonyl (C=O) groups is 1. The average molecular weight is 305 g/mol. The Morgan fingerprint density at radius 1 is 1.29 bits per heavy atom. The molecule has 0 fully saturated rings. The topological polar surface area (TPSA) is 49.8 Å². The van der Waals surface area contributed by atoms with Crippen LogP contribution >= 0.6 is 11.3 Å². The zero-order chi connectivity index (χ0) is 15.1. The van der Waals surface area contributed by atoms with Gasteiger partial charge in [-0.25, -0.2) is 4.79 Å². The number of thiophene rings is 1. The molecule has 0 aliphatic heterocycles. The summed E-state index contributed by atoms with van der Waals surface area (Å²) in [6.07, 6.45) is 0.687. The summed E-state index contributed by atoms with van der Waals surface area (Å²) in [7, 11) is 1.40. The lowest BCUT2D eigenvalue weighted by Gasteiger charge is -2.24. The van der Waals surface area contributed by atoms with Crippen molar-refractivity contribution in [1.82, 2.24) is 0 Å². The summed E-state index contributed by atoms with van der Waals surface area (Å²) in [6, 6.07) is 11.9. The molecule has 1 N–H and O–H groups in total. The fraction of sp³-hybridized carbons (Fsp3) is 0.312. The number of hydrogen-bond donors (Lipinski definition) is 1. The number of benzene rings is 1. The van der Waals surface area contributed by atoms with Crippen LogP contribution in [0.15, 0.2) is 41.8 Å². The van der Waals surface area contributed by atoms with E-state index in [0.717, 1.165) is 17.8 Å². The quantitative estimate of drug-likeness (QED) is 0.799. The molecule has 0 aliphatic carbocycles. The molecular formula is C16H19NO3S. The molecule has 0 amide bonds. The van der Waals surface area contributed by atoms with Gasteiger partial charge >= 0.3 is 5.97 Å². The van der Waals surface area contributed by atoms with E-state index in [2.05, 4.69) is 4.90 Å². The summed E-state index contributed by atoms with van der Waals surface area (Å²) < 4.78 is 4.82. The predicted molar refractivity (Wildman–Crippen MR) is 84.9 cm³/mol. The first kappa shape index (κ1) is 15.5. The Kier molecular flexibility index (Phi) is 5.78. The molecule has 5 heteroatoms. The van der Waals surface area contributed by atoms with Crippen molar-refractivity contribution in [3.8, 4) is 0 Å². The minimum absolute atomic E-state index is 0.150. The largest absolute Gasteiger partial charge is 0.465 e. The van der Waals surface area contributed by atoms with Crippen molar-refractivity contribution in [3.05, 3.63) is 52.2 Å². The number of methoxy groups -OCH3 is 1. The van der Waals surface area contributed by atoms with Crippen LogP contribution < -0.4 is 4.90 Å². The number of anilines is 1. The number of hydrogen-bond acceptors (Lipinski definition) is 5. The van der Waals surface area contributed by atoms with Crippen LogP contribution in [0.4, 0.5) is 5.69 Å². The third kappa shape index (κ3) is 4.06. The molecule has 21 heavy (non-hydrogen) atoms. The van der Waals surface area contributed by atoms with Gasteiger partial charge in [0.2, 0.25) is 0 Å².